The van der Waals surface area contributed by atoms with Gasteiger partial charge in [-0.2, -0.15) is 0 Å². The number of carbonyl (C=O) groups excluding carboxylic acids is 1. The number of sulfone groups is 1. The first-order chi connectivity index (χ1) is 10.00. The van der Waals surface area contributed by atoms with Gasteiger partial charge in [-0.3, -0.25) is 0 Å². The number of ether oxygens (including phenoxy) is 1. The van der Waals surface area contributed by atoms with Crippen molar-refractivity contribution in [3.8, 4) is 0 Å². The second-order valence-corrected chi connectivity index (χ2v) is 7.60. The molecule has 1 aromatic rings. The first-order valence-electron chi connectivity index (χ1n) is 6.89. The van der Waals surface area contributed by atoms with Crippen LogP contribution in [0.25, 0.3) is 0 Å². The number of hydrogen-bond acceptors (Lipinski definition) is 7. The molecule has 1 atom stereocenters. The van der Waals surface area contributed by atoms with Gasteiger partial charge in [-0.1, -0.05) is 0 Å². The molecule has 1 aromatic heterocycles. The molecule has 21 heavy (non-hydrogen) atoms. The lowest BCUT2D eigenvalue weighted by atomic mass is 10.0. The SMILES string of the molecule is COC(=O)c1nc(C2CCS(=O)(=O)C2)nc2c1CCNC2. The number of aromatic nitrogens is 2. The third kappa shape index (κ3) is 2.77. The summed E-state index contributed by atoms with van der Waals surface area (Å²) in [6.07, 6.45) is 1.18. The molecule has 1 unspecified atom stereocenters. The standard InChI is InChI=1S/C13H17N3O4S/c1-20-13(17)11-9-2-4-14-6-10(9)15-12(16-11)8-3-5-21(18,19)7-8/h8,14H,2-7H2,1H3. The lowest BCUT2D eigenvalue weighted by molar-refractivity contribution is 0.0591. The van der Waals surface area contributed by atoms with Gasteiger partial charge in [0.15, 0.2) is 15.5 Å². The predicted molar refractivity (Wildman–Crippen MR) is 74.8 cm³/mol. The van der Waals surface area contributed by atoms with Crippen LogP contribution < -0.4 is 5.32 Å². The topological polar surface area (TPSA) is 98.2 Å². The van der Waals surface area contributed by atoms with Crippen molar-refractivity contribution < 1.29 is 17.9 Å². The summed E-state index contributed by atoms with van der Waals surface area (Å²) in [5, 5.41) is 3.20. The highest BCUT2D eigenvalue weighted by atomic mass is 32.2. The maximum atomic E-state index is 11.9. The van der Waals surface area contributed by atoms with Crippen LogP contribution in [0.5, 0.6) is 0 Å². The molecular formula is C13H17N3O4S. The van der Waals surface area contributed by atoms with E-state index in [1.807, 2.05) is 0 Å². The summed E-state index contributed by atoms with van der Waals surface area (Å²) >= 11 is 0. The van der Waals surface area contributed by atoms with Gasteiger partial charge >= 0.3 is 5.97 Å². The van der Waals surface area contributed by atoms with Crippen molar-refractivity contribution in [2.45, 2.75) is 25.3 Å². The molecule has 0 bridgehead atoms. The molecular weight excluding hydrogens is 294 g/mol. The number of carbonyl (C=O) groups is 1. The van der Waals surface area contributed by atoms with Gasteiger partial charge in [-0.05, 0) is 19.4 Å². The Morgan fingerprint density at radius 3 is 2.86 bits per heavy atom. The first kappa shape index (κ1) is 14.4. The molecule has 2 aliphatic rings. The Kier molecular flexibility index (Phi) is 3.66. The van der Waals surface area contributed by atoms with Crippen LogP contribution in [0.15, 0.2) is 0 Å². The van der Waals surface area contributed by atoms with Crippen molar-refractivity contribution in [1.82, 2.24) is 15.3 Å². The molecule has 1 N–H and O–H groups in total. The van der Waals surface area contributed by atoms with Crippen molar-refractivity contribution in [1.29, 1.82) is 0 Å². The molecule has 8 heteroatoms. The van der Waals surface area contributed by atoms with Gasteiger partial charge in [0, 0.05) is 18.0 Å². The summed E-state index contributed by atoms with van der Waals surface area (Å²) in [6.45, 7) is 1.33. The molecule has 0 aromatic carbocycles. The summed E-state index contributed by atoms with van der Waals surface area (Å²) in [4.78, 5) is 20.7. The summed E-state index contributed by atoms with van der Waals surface area (Å²) in [6, 6.07) is 0. The molecule has 0 radical (unpaired) electrons. The molecule has 7 nitrogen and oxygen atoms in total. The third-order valence-electron chi connectivity index (χ3n) is 3.93. The zero-order chi connectivity index (χ0) is 15.0. The quantitative estimate of drug-likeness (QED) is 0.756. The van der Waals surface area contributed by atoms with Crippen LogP contribution in [-0.2, 0) is 27.5 Å². The second kappa shape index (κ2) is 5.34. The molecule has 1 saturated heterocycles. The number of esters is 1. The molecule has 0 amide bonds. The van der Waals surface area contributed by atoms with Crippen LogP contribution in [0.1, 0.15) is 39.9 Å². The summed E-state index contributed by atoms with van der Waals surface area (Å²) in [7, 11) is -1.70. The fraction of sp³-hybridized carbons (Fsp3) is 0.615. The predicted octanol–water partition coefficient (Wildman–Crippen LogP) is -0.189. The average Bonchev–Trinajstić information content (AvgIpc) is 2.85. The van der Waals surface area contributed by atoms with E-state index in [4.69, 9.17) is 4.74 Å². The Morgan fingerprint density at radius 1 is 1.38 bits per heavy atom. The van der Waals surface area contributed by atoms with Crippen molar-refractivity contribution in [3.63, 3.8) is 0 Å². The maximum absolute atomic E-state index is 11.9. The Bertz CT molecular complexity index is 687. The number of nitrogens with one attached hydrogen (secondary N) is 1. The molecule has 1 fully saturated rings. The van der Waals surface area contributed by atoms with Crippen molar-refractivity contribution in [2.75, 3.05) is 25.2 Å². The Hall–Kier alpha value is -1.54. The zero-order valence-electron chi connectivity index (χ0n) is 11.8. The number of fused-ring (bicyclic) bond motifs is 1. The number of hydrogen-bond donors (Lipinski definition) is 1. The van der Waals surface area contributed by atoms with E-state index < -0.39 is 15.8 Å². The molecule has 0 aliphatic carbocycles. The van der Waals surface area contributed by atoms with E-state index in [9.17, 15) is 13.2 Å². The minimum absolute atomic E-state index is 0.0554. The summed E-state index contributed by atoms with van der Waals surface area (Å²) in [5.41, 5.74) is 1.87. The van der Waals surface area contributed by atoms with Gasteiger partial charge in [0.05, 0.1) is 24.3 Å². The normalized spacial score (nSPS) is 23.6. The summed E-state index contributed by atoms with van der Waals surface area (Å²) < 4.78 is 28.0. The monoisotopic (exact) mass is 311 g/mol. The van der Waals surface area contributed by atoms with Crippen LogP contribution in [0.4, 0.5) is 0 Å². The summed E-state index contributed by atoms with van der Waals surface area (Å²) in [5.74, 6) is -0.0637. The largest absolute Gasteiger partial charge is 0.464 e. The van der Waals surface area contributed by atoms with Gasteiger partial charge in [-0.15, -0.1) is 0 Å². The van der Waals surface area contributed by atoms with E-state index in [2.05, 4.69) is 15.3 Å². The van der Waals surface area contributed by atoms with Gasteiger partial charge in [0.1, 0.15) is 5.82 Å². The Labute approximate surface area is 123 Å². The van der Waals surface area contributed by atoms with Crippen LogP contribution in [-0.4, -0.2) is 49.5 Å². The number of methoxy groups -OCH3 is 1. The fourth-order valence-electron chi connectivity index (χ4n) is 2.83. The molecule has 0 spiro atoms. The van der Waals surface area contributed by atoms with Gasteiger partial charge < -0.3 is 10.1 Å². The van der Waals surface area contributed by atoms with E-state index in [0.29, 0.717) is 25.2 Å². The van der Waals surface area contributed by atoms with E-state index >= 15 is 0 Å². The highest BCUT2D eigenvalue weighted by molar-refractivity contribution is 7.91. The van der Waals surface area contributed by atoms with E-state index in [1.54, 1.807) is 0 Å². The van der Waals surface area contributed by atoms with Crippen molar-refractivity contribution in [2.24, 2.45) is 0 Å². The minimum Gasteiger partial charge on any atom is -0.464 e. The second-order valence-electron chi connectivity index (χ2n) is 5.37. The molecule has 114 valence electrons. The molecule has 3 heterocycles. The molecule has 0 saturated carbocycles. The van der Waals surface area contributed by atoms with Crippen molar-refractivity contribution >= 4 is 15.8 Å². The third-order valence-corrected chi connectivity index (χ3v) is 5.70. The first-order valence-corrected chi connectivity index (χ1v) is 8.71. The highest BCUT2D eigenvalue weighted by Gasteiger charge is 2.33. The minimum atomic E-state index is -3.02. The fourth-order valence-corrected chi connectivity index (χ4v) is 4.56. The molecule has 3 rings (SSSR count). The lowest BCUT2D eigenvalue weighted by Gasteiger charge is -2.20. The average molecular weight is 311 g/mol. The van der Waals surface area contributed by atoms with E-state index in [0.717, 1.165) is 17.8 Å². The maximum Gasteiger partial charge on any atom is 0.357 e. The number of rotatable bonds is 2. The highest BCUT2D eigenvalue weighted by Crippen LogP contribution is 2.28. The van der Waals surface area contributed by atoms with Crippen LogP contribution in [0.3, 0.4) is 0 Å². The van der Waals surface area contributed by atoms with Gasteiger partial charge in [0.2, 0.25) is 0 Å². The van der Waals surface area contributed by atoms with Crippen molar-refractivity contribution in [3.05, 3.63) is 22.8 Å². The lowest BCUT2D eigenvalue weighted by Crippen LogP contribution is -2.29. The zero-order valence-corrected chi connectivity index (χ0v) is 12.6. The van der Waals surface area contributed by atoms with Crippen LogP contribution in [0, 0.1) is 0 Å². The number of nitrogens with zero attached hydrogens (tertiary/aromatic N) is 2. The van der Waals surface area contributed by atoms with E-state index in [1.165, 1.54) is 7.11 Å². The Morgan fingerprint density at radius 2 is 2.19 bits per heavy atom. The Balaban J connectivity index is 2.04. The smallest absolute Gasteiger partial charge is 0.357 e. The van der Waals surface area contributed by atoms with Gasteiger partial charge in [-0.25, -0.2) is 23.2 Å². The van der Waals surface area contributed by atoms with E-state index in [-0.39, 0.29) is 23.1 Å². The van der Waals surface area contributed by atoms with Gasteiger partial charge in [0.25, 0.3) is 0 Å². The molecule has 2 aliphatic heterocycles. The van der Waals surface area contributed by atoms with Crippen LogP contribution >= 0.6 is 0 Å². The van der Waals surface area contributed by atoms with Crippen LogP contribution in [0.2, 0.25) is 0 Å².